The fraction of sp³-hybridized carbons (Fsp3) is 0.348. The number of hydrogen-bond acceptors (Lipinski definition) is 9. The van der Waals surface area contributed by atoms with Crippen molar-refractivity contribution in [1.82, 2.24) is 14.6 Å². The molecule has 0 spiro atoms. The monoisotopic (exact) mass is 465 g/mol. The van der Waals surface area contributed by atoms with Gasteiger partial charge in [-0.2, -0.15) is 10.4 Å². The largest absolute Gasteiger partial charge is 0.463 e. The number of nitrogens with zero attached hydrogens (tertiary/aromatic N) is 4. The summed E-state index contributed by atoms with van der Waals surface area (Å²) < 4.78 is 12.4. The zero-order valence-electron chi connectivity index (χ0n) is 18.3. The van der Waals surface area contributed by atoms with Crippen molar-refractivity contribution in [3.63, 3.8) is 0 Å². The van der Waals surface area contributed by atoms with E-state index in [9.17, 15) is 25.1 Å². The number of aliphatic hydroxyl groups is 2. The van der Waals surface area contributed by atoms with Gasteiger partial charge < -0.3 is 25.0 Å². The molecule has 176 valence electrons. The van der Waals surface area contributed by atoms with Crippen LogP contribution in [0.5, 0.6) is 0 Å². The van der Waals surface area contributed by atoms with Crippen molar-refractivity contribution in [3.05, 3.63) is 60.0 Å². The Bertz CT molecular complexity index is 1240. The molecule has 1 amide bonds. The number of amides is 1. The first-order chi connectivity index (χ1) is 16.4. The SMILES string of the molecule is CCC(=O)OC[C@H]1O[C@@](C#N)(c2ccc3c(NC(=O)c4ccccc4)ncnn23)C[C@H](O)[C@@H]1O. The summed E-state index contributed by atoms with van der Waals surface area (Å²) in [6.07, 6.45) is -2.70. The van der Waals surface area contributed by atoms with Crippen LogP contribution in [-0.2, 0) is 19.9 Å². The number of nitriles is 1. The highest BCUT2D eigenvalue weighted by molar-refractivity contribution is 6.05. The quantitative estimate of drug-likeness (QED) is 0.454. The molecule has 1 aromatic carbocycles. The van der Waals surface area contributed by atoms with Crippen molar-refractivity contribution < 1.29 is 29.3 Å². The number of anilines is 1. The highest BCUT2D eigenvalue weighted by Crippen LogP contribution is 2.39. The lowest BCUT2D eigenvalue weighted by Gasteiger charge is -2.41. The second-order valence-electron chi connectivity index (χ2n) is 7.84. The van der Waals surface area contributed by atoms with Gasteiger partial charge in [-0.25, -0.2) is 9.50 Å². The maximum Gasteiger partial charge on any atom is 0.305 e. The molecule has 11 nitrogen and oxygen atoms in total. The van der Waals surface area contributed by atoms with E-state index in [0.29, 0.717) is 11.1 Å². The molecular formula is C23H23N5O6. The van der Waals surface area contributed by atoms with Gasteiger partial charge in [0.25, 0.3) is 5.91 Å². The molecule has 0 bridgehead atoms. The van der Waals surface area contributed by atoms with Gasteiger partial charge in [-0.05, 0) is 24.3 Å². The van der Waals surface area contributed by atoms with E-state index in [2.05, 4.69) is 21.5 Å². The smallest absolute Gasteiger partial charge is 0.305 e. The van der Waals surface area contributed by atoms with E-state index in [-0.39, 0.29) is 36.9 Å². The second-order valence-corrected chi connectivity index (χ2v) is 7.84. The highest BCUT2D eigenvalue weighted by atomic mass is 16.6. The number of hydrogen-bond donors (Lipinski definition) is 3. The standard InChI is InChI=1S/C23H23N5O6/c1-2-19(30)33-11-17-20(31)16(29)10-23(12-24,34-17)18-9-8-15-21(25-13-26-28(15)18)27-22(32)14-6-4-3-5-7-14/h3-9,13,16-17,20,29,31H,2,10-11H2,1H3,(H,25,26,27,32)/t16-,17+,20-,23-/m0/s1. The zero-order valence-corrected chi connectivity index (χ0v) is 18.3. The maximum absolute atomic E-state index is 12.6. The second kappa shape index (κ2) is 9.56. The molecule has 4 rings (SSSR count). The summed E-state index contributed by atoms with van der Waals surface area (Å²) >= 11 is 0. The molecule has 0 saturated carbocycles. The molecule has 1 aliphatic heterocycles. The van der Waals surface area contributed by atoms with Crippen LogP contribution >= 0.6 is 0 Å². The van der Waals surface area contributed by atoms with Crippen LogP contribution in [0, 0.1) is 11.3 Å². The Morgan fingerprint density at radius 2 is 2.06 bits per heavy atom. The van der Waals surface area contributed by atoms with E-state index in [1.54, 1.807) is 49.4 Å². The summed E-state index contributed by atoms with van der Waals surface area (Å²) in [7, 11) is 0. The van der Waals surface area contributed by atoms with Crippen molar-refractivity contribution in [2.24, 2.45) is 0 Å². The first-order valence-corrected chi connectivity index (χ1v) is 10.7. The number of benzene rings is 1. The Hall–Kier alpha value is -3.85. The molecule has 0 radical (unpaired) electrons. The molecule has 2 aromatic heterocycles. The van der Waals surface area contributed by atoms with Crippen molar-refractivity contribution in [1.29, 1.82) is 5.26 Å². The number of esters is 1. The summed E-state index contributed by atoms with van der Waals surface area (Å²) in [5, 5.41) is 37.9. The molecule has 3 heterocycles. The molecule has 34 heavy (non-hydrogen) atoms. The van der Waals surface area contributed by atoms with E-state index < -0.39 is 29.9 Å². The summed E-state index contributed by atoms with van der Waals surface area (Å²) in [4.78, 5) is 28.3. The minimum absolute atomic E-state index is 0.131. The Labute approximate surface area is 194 Å². The number of ether oxygens (including phenoxy) is 2. The van der Waals surface area contributed by atoms with Crippen molar-refractivity contribution in [2.45, 2.75) is 43.7 Å². The first-order valence-electron chi connectivity index (χ1n) is 10.7. The average molecular weight is 465 g/mol. The molecule has 1 aliphatic rings. The lowest BCUT2D eigenvalue weighted by molar-refractivity contribution is -0.215. The Balaban J connectivity index is 1.66. The lowest BCUT2D eigenvalue weighted by Crippen LogP contribution is -2.54. The normalized spacial score (nSPS) is 24.4. The predicted molar refractivity (Wildman–Crippen MR) is 117 cm³/mol. The summed E-state index contributed by atoms with van der Waals surface area (Å²) in [5.41, 5.74) is -0.602. The highest BCUT2D eigenvalue weighted by Gasteiger charge is 2.50. The molecular weight excluding hydrogens is 442 g/mol. The van der Waals surface area contributed by atoms with Crippen molar-refractivity contribution in [3.8, 4) is 6.07 Å². The van der Waals surface area contributed by atoms with Crippen molar-refractivity contribution >= 4 is 23.2 Å². The minimum atomic E-state index is -1.70. The molecule has 3 N–H and O–H groups in total. The van der Waals surface area contributed by atoms with Gasteiger partial charge in [-0.3, -0.25) is 9.59 Å². The van der Waals surface area contributed by atoms with E-state index in [1.165, 1.54) is 10.8 Å². The Kier molecular flexibility index (Phi) is 6.56. The summed E-state index contributed by atoms with van der Waals surface area (Å²) in [6, 6.07) is 13.9. The van der Waals surface area contributed by atoms with Crippen LogP contribution in [0.15, 0.2) is 48.8 Å². The number of rotatable bonds is 6. The number of carbonyl (C=O) groups excluding carboxylic acids is 2. The lowest BCUT2D eigenvalue weighted by atomic mass is 9.86. The van der Waals surface area contributed by atoms with Crippen LogP contribution in [0.2, 0.25) is 0 Å². The van der Waals surface area contributed by atoms with Crippen LogP contribution in [0.1, 0.15) is 35.8 Å². The summed E-state index contributed by atoms with van der Waals surface area (Å²) in [6.45, 7) is 1.29. The molecule has 1 fully saturated rings. The van der Waals surface area contributed by atoms with Crippen LogP contribution in [0.3, 0.4) is 0 Å². The Morgan fingerprint density at radius 3 is 2.76 bits per heavy atom. The molecule has 0 unspecified atom stereocenters. The number of fused-ring (bicyclic) bond motifs is 1. The van der Waals surface area contributed by atoms with Crippen LogP contribution < -0.4 is 5.32 Å². The molecule has 11 heteroatoms. The van der Waals surface area contributed by atoms with Gasteiger partial charge in [-0.1, -0.05) is 25.1 Å². The topological polar surface area (TPSA) is 159 Å². The van der Waals surface area contributed by atoms with Crippen LogP contribution in [0.25, 0.3) is 5.52 Å². The average Bonchev–Trinajstić information content (AvgIpc) is 3.31. The van der Waals surface area contributed by atoms with Crippen LogP contribution in [0.4, 0.5) is 5.82 Å². The van der Waals surface area contributed by atoms with Gasteiger partial charge in [0.15, 0.2) is 11.4 Å². The third kappa shape index (κ3) is 4.34. The molecule has 4 atom stereocenters. The molecule has 3 aromatic rings. The number of carbonyl (C=O) groups is 2. The number of aromatic nitrogens is 3. The number of nitrogens with one attached hydrogen (secondary N) is 1. The van der Waals surface area contributed by atoms with Gasteiger partial charge in [0.05, 0.1) is 11.8 Å². The van der Waals surface area contributed by atoms with Gasteiger partial charge in [0.1, 0.15) is 36.7 Å². The number of aliphatic hydroxyl groups excluding tert-OH is 2. The van der Waals surface area contributed by atoms with Gasteiger partial charge in [0, 0.05) is 18.4 Å². The van der Waals surface area contributed by atoms with E-state index in [1.807, 2.05) is 0 Å². The zero-order chi connectivity index (χ0) is 24.3. The van der Waals surface area contributed by atoms with Gasteiger partial charge >= 0.3 is 5.97 Å². The molecule has 1 saturated heterocycles. The fourth-order valence-corrected chi connectivity index (χ4v) is 3.85. The molecule has 0 aliphatic carbocycles. The minimum Gasteiger partial charge on any atom is -0.463 e. The van der Waals surface area contributed by atoms with E-state index in [4.69, 9.17) is 9.47 Å². The van der Waals surface area contributed by atoms with E-state index in [0.717, 1.165) is 0 Å². The predicted octanol–water partition coefficient (Wildman–Crippen LogP) is 1.16. The first kappa shape index (κ1) is 23.3. The maximum atomic E-state index is 12.6. The Morgan fingerprint density at radius 1 is 1.29 bits per heavy atom. The third-order valence-electron chi connectivity index (χ3n) is 5.64. The van der Waals surface area contributed by atoms with Crippen molar-refractivity contribution in [2.75, 3.05) is 11.9 Å². The van der Waals surface area contributed by atoms with Gasteiger partial charge in [0.2, 0.25) is 0 Å². The fourth-order valence-electron chi connectivity index (χ4n) is 3.85. The van der Waals surface area contributed by atoms with Gasteiger partial charge in [-0.15, -0.1) is 0 Å². The third-order valence-corrected chi connectivity index (χ3v) is 5.64. The summed E-state index contributed by atoms with van der Waals surface area (Å²) in [5.74, 6) is -0.657. The van der Waals surface area contributed by atoms with E-state index >= 15 is 0 Å². The van der Waals surface area contributed by atoms with Crippen LogP contribution in [-0.4, -0.2) is 61.6 Å².